The topological polar surface area (TPSA) is 3.24 Å². The first kappa shape index (κ1) is 28.6. The summed E-state index contributed by atoms with van der Waals surface area (Å²) >= 11 is 0. The molecule has 0 radical (unpaired) electrons. The Morgan fingerprint density at radius 2 is 1.04 bits per heavy atom. The van der Waals surface area contributed by atoms with Crippen LogP contribution in [0.4, 0.5) is 17.1 Å². The van der Waals surface area contributed by atoms with E-state index in [0.717, 1.165) is 11.4 Å². The van der Waals surface area contributed by atoms with Crippen LogP contribution in [-0.4, -0.2) is 0 Å². The number of allylic oxidation sites excluding steroid dienone is 4. The Morgan fingerprint density at radius 1 is 0.412 bits per heavy atom. The molecule has 240 valence electrons. The molecule has 0 fully saturated rings. The zero-order chi connectivity index (χ0) is 33.5. The molecule has 1 spiro atoms. The predicted octanol–water partition coefficient (Wildman–Crippen LogP) is 12.6. The van der Waals surface area contributed by atoms with E-state index in [1.165, 1.54) is 66.9 Å². The standard InChI is InChI=1S/C50H35N/c1-3-15-33(16-4-1)34-17-13-20-36(31-34)51(35-18-5-2-6-19-35)37-29-30-40-39-22-9-11-26-44(39)50(47(40)32-37)45-27-12-10-24-43(45)48-41-23-8-7-21-38(41)42-25-14-28-46(50)49(42)48/h1-32,43,45,48H. The van der Waals surface area contributed by atoms with Crippen LogP contribution in [0.3, 0.4) is 0 Å². The Kier molecular flexibility index (Phi) is 6.13. The van der Waals surface area contributed by atoms with Crippen molar-refractivity contribution in [2.24, 2.45) is 11.8 Å². The molecule has 51 heavy (non-hydrogen) atoms. The van der Waals surface area contributed by atoms with Gasteiger partial charge in [-0.3, -0.25) is 0 Å². The van der Waals surface area contributed by atoms with Gasteiger partial charge in [-0.05, 0) is 104 Å². The van der Waals surface area contributed by atoms with E-state index >= 15 is 0 Å². The third-order valence-electron chi connectivity index (χ3n) is 12.0. The summed E-state index contributed by atoms with van der Waals surface area (Å²) in [5.41, 5.74) is 18.3. The molecule has 4 atom stereocenters. The van der Waals surface area contributed by atoms with Crippen molar-refractivity contribution in [3.8, 4) is 33.4 Å². The lowest BCUT2D eigenvalue weighted by molar-refractivity contribution is 0.304. The molecule has 1 nitrogen and oxygen atoms in total. The molecule has 7 aromatic rings. The predicted molar refractivity (Wildman–Crippen MR) is 211 cm³/mol. The van der Waals surface area contributed by atoms with Gasteiger partial charge in [-0.2, -0.15) is 0 Å². The van der Waals surface area contributed by atoms with Gasteiger partial charge in [0.05, 0.1) is 5.41 Å². The first-order valence-electron chi connectivity index (χ1n) is 18.1. The van der Waals surface area contributed by atoms with Gasteiger partial charge in [0, 0.05) is 28.9 Å². The highest BCUT2D eigenvalue weighted by Crippen LogP contribution is 2.68. The third-order valence-corrected chi connectivity index (χ3v) is 12.0. The minimum absolute atomic E-state index is 0.255. The molecular formula is C50H35N. The Hall–Kier alpha value is -6.18. The Bertz CT molecular complexity index is 2560. The lowest BCUT2D eigenvalue weighted by Gasteiger charge is -2.50. The molecule has 0 amide bonds. The fourth-order valence-corrected chi connectivity index (χ4v) is 10.2. The van der Waals surface area contributed by atoms with E-state index < -0.39 is 0 Å². The monoisotopic (exact) mass is 649 g/mol. The highest BCUT2D eigenvalue weighted by atomic mass is 15.1. The van der Waals surface area contributed by atoms with Crippen LogP contribution >= 0.6 is 0 Å². The number of fused-ring (bicyclic) bond motifs is 12. The third kappa shape index (κ3) is 3.92. The molecule has 4 aliphatic rings. The van der Waals surface area contributed by atoms with Gasteiger partial charge in [-0.25, -0.2) is 0 Å². The molecule has 4 aliphatic carbocycles. The van der Waals surface area contributed by atoms with E-state index in [1.54, 1.807) is 0 Å². The molecule has 11 rings (SSSR count). The van der Waals surface area contributed by atoms with Crippen molar-refractivity contribution in [3.05, 3.63) is 222 Å². The second kappa shape index (κ2) is 10.9. The van der Waals surface area contributed by atoms with Gasteiger partial charge in [-0.1, -0.05) is 158 Å². The van der Waals surface area contributed by atoms with E-state index in [0.29, 0.717) is 11.8 Å². The number of benzene rings is 7. The highest BCUT2D eigenvalue weighted by Gasteiger charge is 2.58. The summed E-state index contributed by atoms with van der Waals surface area (Å²) in [5, 5.41) is 0. The van der Waals surface area contributed by atoms with Gasteiger partial charge in [0.1, 0.15) is 0 Å². The number of nitrogens with zero attached hydrogens (tertiary/aromatic N) is 1. The Morgan fingerprint density at radius 3 is 1.92 bits per heavy atom. The lowest BCUT2D eigenvalue weighted by Crippen LogP contribution is -2.45. The number of rotatable bonds is 4. The van der Waals surface area contributed by atoms with Crippen molar-refractivity contribution in [2.45, 2.75) is 11.3 Å². The van der Waals surface area contributed by atoms with Crippen LogP contribution in [0.5, 0.6) is 0 Å². The maximum atomic E-state index is 2.53. The summed E-state index contributed by atoms with van der Waals surface area (Å²) in [6, 6.07) is 63.3. The smallest absolute Gasteiger partial charge is 0.0536 e. The number of hydrogen-bond donors (Lipinski definition) is 0. The summed E-state index contributed by atoms with van der Waals surface area (Å²) in [7, 11) is 0. The zero-order valence-corrected chi connectivity index (χ0v) is 28.2. The average Bonchev–Trinajstić information content (AvgIpc) is 3.69. The molecule has 0 bridgehead atoms. The summed E-state index contributed by atoms with van der Waals surface area (Å²) in [6.07, 6.45) is 9.62. The number of anilines is 3. The molecule has 0 aliphatic heterocycles. The summed E-state index contributed by atoms with van der Waals surface area (Å²) in [6.45, 7) is 0. The Balaban J connectivity index is 1.19. The van der Waals surface area contributed by atoms with Crippen LogP contribution in [0.2, 0.25) is 0 Å². The fourth-order valence-electron chi connectivity index (χ4n) is 10.2. The Labute approximate surface area is 299 Å². The molecule has 7 aromatic carbocycles. The SMILES string of the molecule is C1=CC2C3c4ccccc4-c4cccc(c43)C3(c4ccccc4-c4ccc(N(c5ccccc5)c5cccc(-c6ccccc6)c5)cc43)C2C=C1. The normalized spacial score (nSPS) is 21.1. The first-order valence-corrected chi connectivity index (χ1v) is 18.1. The molecule has 1 heteroatoms. The van der Waals surface area contributed by atoms with E-state index in [4.69, 9.17) is 0 Å². The first-order chi connectivity index (χ1) is 25.3. The van der Waals surface area contributed by atoms with E-state index in [1.807, 2.05) is 0 Å². The van der Waals surface area contributed by atoms with Crippen LogP contribution < -0.4 is 4.90 Å². The van der Waals surface area contributed by atoms with Crippen molar-refractivity contribution in [1.82, 2.24) is 0 Å². The van der Waals surface area contributed by atoms with Gasteiger partial charge in [0.2, 0.25) is 0 Å². The van der Waals surface area contributed by atoms with Crippen molar-refractivity contribution < 1.29 is 0 Å². The minimum Gasteiger partial charge on any atom is -0.310 e. The van der Waals surface area contributed by atoms with E-state index in [9.17, 15) is 0 Å². The highest BCUT2D eigenvalue weighted by molar-refractivity contribution is 5.91. The molecule has 0 heterocycles. The number of para-hydroxylation sites is 1. The summed E-state index contributed by atoms with van der Waals surface area (Å²) in [5.74, 6) is 0.929. The minimum atomic E-state index is -0.341. The summed E-state index contributed by atoms with van der Waals surface area (Å²) < 4.78 is 0. The largest absolute Gasteiger partial charge is 0.310 e. The van der Waals surface area contributed by atoms with Gasteiger partial charge in [0.15, 0.2) is 0 Å². The molecule has 0 saturated heterocycles. The van der Waals surface area contributed by atoms with Gasteiger partial charge in [-0.15, -0.1) is 0 Å². The maximum Gasteiger partial charge on any atom is 0.0536 e. The van der Waals surface area contributed by atoms with E-state index in [2.05, 4.69) is 199 Å². The van der Waals surface area contributed by atoms with Crippen LogP contribution in [0.15, 0.2) is 194 Å². The fraction of sp³-hybridized carbons (Fsp3) is 0.0800. The molecular weight excluding hydrogens is 615 g/mol. The molecule has 0 aromatic heterocycles. The van der Waals surface area contributed by atoms with Crippen molar-refractivity contribution >= 4 is 17.1 Å². The van der Waals surface area contributed by atoms with Gasteiger partial charge < -0.3 is 4.90 Å². The van der Waals surface area contributed by atoms with Crippen molar-refractivity contribution in [1.29, 1.82) is 0 Å². The van der Waals surface area contributed by atoms with Crippen LogP contribution in [0, 0.1) is 11.8 Å². The average molecular weight is 650 g/mol. The van der Waals surface area contributed by atoms with Crippen molar-refractivity contribution in [2.75, 3.05) is 4.90 Å². The van der Waals surface area contributed by atoms with Crippen LogP contribution in [0.1, 0.15) is 33.7 Å². The maximum absolute atomic E-state index is 2.53. The van der Waals surface area contributed by atoms with Gasteiger partial charge >= 0.3 is 0 Å². The second-order valence-electron chi connectivity index (χ2n) is 14.4. The lowest BCUT2D eigenvalue weighted by atomic mass is 9.51. The second-order valence-corrected chi connectivity index (χ2v) is 14.4. The molecule has 0 saturated carbocycles. The van der Waals surface area contributed by atoms with E-state index in [-0.39, 0.29) is 11.3 Å². The zero-order valence-electron chi connectivity index (χ0n) is 28.2. The van der Waals surface area contributed by atoms with Crippen molar-refractivity contribution in [3.63, 3.8) is 0 Å². The quantitative estimate of drug-likeness (QED) is 0.183. The summed E-state index contributed by atoms with van der Waals surface area (Å²) in [4.78, 5) is 2.44. The van der Waals surface area contributed by atoms with Gasteiger partial charge in [0.25, 0.3) is 0 Å². The van der Waals surface area contributed by atoms with Crippen LogP contribution in [0.25, 0.3) is 33.4 Å². The molecule has 4 unspecified atom stereocenters. The van der Waals surface area contributed by atoms with Crippen LogP contribution in [-0.2, 0) is 5.41 Å². The molecule has 0 N–H and O–H groups in total. The number of hydrogen-bond acceptors (Lipinski definition) is 1.